The molecule has 1 aromatic carbocycles. The van der Waals surface area contributed by atoms with Gasteiger partial charge in [-0.25, -0.2) is 0 Å². The van der Waals surface area contributed by atoms with E-state index in [1.807, 2.05) is 0 Å². The van der Waals surface area contributed by atoms with Gasteiger partial charge in [-0.3, -0.25) is 0 Å². The zero-order chi connectivity index (χ0) is 13.7. The first-order chi connectivity index (χ1) is 9.16. The molecule has 0 radical (unpaired) electrons. The number of ether oxygens (including phenoxy) is 2. The van der Waals surface area contributed by atoms with Gasteiger partial charge in [0.1, 0.15) is 6.61 Å². The predicted molar refractivity (Wildman–Crippen MR) is 78.8 cm³/mol. The van der Waals surface area contributed by atoms with Crippen LogP contribution in [0.4, 0.5) is 0 Å². The zero-order valence-electron chi connectivity index (χ0n) is 10.4. The number of halogens is 3. The lowest BCUT2D eigenvalue weighted by atomic mass is 10.1. The van der Waals surface area contributed by atoms with E-state index >= 15 is 0 Å². The molecule has 1 saturated heterocycles. The third kappa shape index (κ3) is 4.69. The molecule has 1 heterocycles. The van der Waals surface area contributed by atoms with Crippen molar-refractivity contribution in [1.82, 2.24) is 5.32 Å². The molecule has 6 heteroatoms. The molecule has 0 atom stereocenters. The van der Waals surface area contributed by atoms with Crippen LogP contribution in [-0.4, -0.2) is 32.4 Å². The van der Waals surface area contributed by atoms with Gasteiger partial charge in [-0.2, -0.15) is 0 Å². The maximum atomic E-state index is 6.03. The van der Waals surface area contributed by atoms with Crippen molar-refractivity contribution in [3.63, 3.8) is 0 Å². The minimum atomic E-state index is 0.434. The van der Waals surface area contributed by atoms with E-state index in [0.29, 0.717) is 33.5 Å². The summed E-state index contributed by atoms with van der Waals surface area (Å²) in [4.78, 5) is 0. The number of rotatable bonds is 5. The molecule has 0 unspecified atom stereocenters. The topological polar surface area (TPSA) is 30.5 Å². The summed E-state index contributed by atoms with van der Waals surface area (Å²) >= 11 is 17.9. The zero-order valence-corrected chi connectivity index (χ0v) is 12.7. The molecule has 0 aromatic heterocycles. The minimum Gasteiger partial charge on any atom is -0.489 e. The van der Waals surface area contributed by atoms with Crippen molar-refractivity contribution in [2.75, 3.05) is 26.4 Å². The van der Waals surface area contributed by atoms with Gasteiger partial charge in [-0.1, -0.05) is 34.8 Å². The fraction of sp³-hybridized carbons (Fsp3) is 0.538. The fourth-order valence-electron chi connectivity index (χ4n) is 1.98. The number of hydrogen-bond donors (Lipinski definition) is 1. The van der Waals surface area contributed by atoms with Crippen LogP contribution >= 0.6 is 34.8 Å². The highest BCUT2D eigenvalue weighted by Gasteiger charge is 2.13. The van der Waals surface area contributed by atoms with Crippen LogP contribution in [0.15, 0.2) is 12.1 Å². The maximum absolute atomic E-state index is 6.03. The highest BCUT2D eigenvalue weighted by atomic mass is 35.5. The van der Waals surface area contributed by atoms with Crippen molar-refractivity contribution in [3.05, 3.63) is 27.2 Å². The van der Waals surface area contributed by atoms with Gasteiger partial charge in [-0.05, 0) is 25.0 Å². The molecule has 3 nitrogen and oxygen atoms in total. The first kappa shape index (κ1) is 15.2. The molecule has 1 N–H and O–H groups in total. The first-order valence-electron chi connectivity index (χ1n) is 6.25. The fourth-order valence-corrected chi connectivity index (χ4v) is 2.91. The average molecular weight is 325 g/mol. The van der Waals surface area contributed by atoms with Crippen molar-refractivity contribution < 1.29 is 9.47 Å². The van der Waals surface area contributed by atoms with Crippen LogP contribution in [0.25, 0.3) is 0 Å². The molecular formula is C13H16Cl3NO2. The van der Waals surface area contributed by atoms with Gasteiger partial charge < -0.3 is 14.8 Å². The van der Waals surface area contributed by atoms with Gasteiger partial charge in [-0.15, -0.1) is 0 Å². The maximum Gasteiger partial charge on any atom is 0.156 e. The third-order valence-corrected chi connectivity index (χ3v) is 3.75. The summed E-state index contributed by atoms with van der Waals surface area (Å²) in [6.07, 6.45) is 2.09. The van der Waals surface area contributed by atoms with Gasteiger partial charge in [0.25, 0.3) is 0 Å². The van der Waals surface area contributed by atoms with Crippen LogP contribution in [0.2, 0.25) is 15.1 Å². The Morgan fingerprint density at radius 3 is 2.42 bits per heavy atom. The quantitative estimate of drug-likeness (QED) is 0.836. The van der Waals surface area contributed by atoms with Crippen LogP contribution in [0.3, 0.4) is 0 Å². The second-order valence-electron chi connectivity index (χ2n) is 4.39. The Kier molecular flexibility index (Phi) is 6.05. The Balaban J connectivity index is 1.76. The second-order valence-corrected chi connectivity index (χ2v) is 5.64. The molecule has 1 aromatic rings. The van der Waals surface area contributed by atoms with Gasteiger partial charge in [0, 0.05) is 30.8 Å². The second kappa shape index (κ2) is 7.55. The van der Waals surface area contributed by atoms with Crippen LogP contribution < -0.4 is 10.1 Å². The summed E-state index contributed by atoms with van der Waals surface area (Å²) in [5.74, 6) is 0.488. The number of hydrogen-bond acceptors (Lipinski definition) is 3. The lowest BCUT2D eigenvalue weighted by Gasteiger charge is -2.23. The summed E-state index contributed by atoms with van der Waals surface area (Å²) in [6.45, 7) is 2.92. The molecule has 1 fully saturated rings. The molecule has 106 valence electrons. The standard InChI is InChI=1S/C13H16Cl3NO2/c14-9-7-11(15)13(12(16)8-9)19-6-3-17-10-1-4-18-5-2-10/h7-8,10,17H,1-6H2. The summed E-state index contributed by atoms with van der Waals surface area (Å²) in [6, 6.07) is 3.75. The van der Waals surface area contributed by atoms with Crippen LogP contribution in [-0.2, 0) is 4.74 Å². The average Bonchev–Trinajstić information content (AvgIpc) is 2.38. The van der Waals surface area contributed by atoms with E-state index in [9.17, 15) is 0 Å². The van der Waals surface area contributed by atoms with E-state index in [4.69, 9.17) is 44.3 Å². The molecular weight excluding hydrogens is 309 g/mol. The van der Waals surface area contributed by atoms with Crippen LogP contribution in [0.5, 0.6) is 5.75 Å². The van der Waals surface area contributed by atoms with Crippen LogP contribution in [0, 0.1) is 0 Å². The molecule has 1 aliphatic rings. The summed E-state index contributed by atoms with van der Waals surface area (Å²) in [7, 11) is 0. The molecule has 0 aliphatic carbocycles. The first-order valence-corrected chi connectivity index (χ1v) is 7.38. The number of nitrogens with one attached hydrogen (secondary N) is 1. The van der Waals surface area contributed by atoms with E-state index in [0.717, 1.165) is 32.6 Å². The molecule has 0 amide bonds. The van der Waals surface area contributed by atoms with Gasteiger partial charge >= 0.3 is 0 Å². The Morgan fingerprint density at radius 1 is 1.16 bits per heavy atom. The molecule has 0 bridgehead atoms. The lowest BCUT2D eigenvalue weighted by Crippen LogP contribution is -2.37. The van der Waals surface area contributed by atoms with Crippen molar-refractivity contribution in [2.45, 2.75) is 18.9 Å². The molecule has 19 heavy (non-hydrogen) atoms. The van der Waals surface area contributed by atoms with Crippen molar-refractivity contribution >= 4 is 34.8 Å². The van der Waals surface area contributed by atoms with E-state index in [-0.39, 0.29) is 0 Å². The smallest absolute Gasteiger partial charge is 0.156 e. The van der Waals surface area contributed by atoms with Crippen molar-refractivity contribution in [1.29, 1.82) is 0 Å². The van der Waals surface area contributed by atoms with Gasteiger partial charge in [0.05, 0.1) is 10.0 Å². The Bertz CT molecular complexity index is 399. The number of benzene rings is 1. The molecule has 2 rings (SSSR count). The van der Waals surface area contributed by atoms with Gasteiger partial charge in [0.15, 0.2) is 5.75 Å². The normalized spacial score (nSPS) is 16.6. The Hall–Kier alpha value is -0.190. The van der Waals surface area contributed by atoms with E-state index in [1.54, 1.807) is 12.1 Å². The van der Waals surface area contributed by atoms with E-state index in [1.165, 1.54) is 0 Å². The molecule has 0 saturated carbocycles. The van der Waals surface area contributed by atoms with E-state index in [2.05, 4.69) is 5.32 Å². The lowest BCUT2D eigenvalue weighted by molar-refractivity contribution is 0.0770. The van der Waals surface area contributed by atoms with Crippen LogP contribution in [0.1, 0.15) is 12.8 Å². The highest BCUT2D eigenvalue weighted by molar-refractivity contribution is 6.40. The summed E-state index contributed by atoms with van der Waals surface area (Å²) < 4.78 is 10.9. The van der Waals surface area contributed by atoms with Gasteiger partial charge in [0.2, 0.25) is 0 Å². The Morgan fingerprint density at radius 2 is 1.79 bits per heavy atom. The van der Waals surface area contributed by atoms with Crippen molar-refractivity contribution in [2.24, 2.45) is 0 Å². The summed E-state index contributed by atoms with van der Waals surface area (Å²) in [5.41, 5.74) is 0. The summed E-state index contributed by atoms with van der Waals surface area (Å²) in [5, 5.41) is 4.80. The predicted octanol–water partition coefficient (Wildman–Crippen LogP) is 3.79. The Labute approximate surface area is 128 Å². The SMILES string of the molecule is Clc1cc(Cl)c(OCCNC2CCOCC2)c(Cl)c1. The highest BCUT2D eigenvalue weighted by Crippen LogP contribution is 2.35. The van der Waals surface area contributed by atoms with Crippen molar-refractivity contribution in [3.8, 4) is 5.75 Å². The van der Waals surface area contributed by atoms with E-state index < -0.39 is 0 Å². The largest absolute Gasteiger partial charge is 0.489 e. The monoisotopic (exact) mass is 323 g/mol. The molecule has 0 spiro atoms. The third-order valence-electron chi connectivity index (χ3n) is 2.97. The molecule has 1 aliphatic heterocycles. The minimum absolute atomic E-state index is 0.434.